The molecule has 0 aromatic heterocycles. The Labute approximate surface area is 156 Å². The van der Waals surface area contributed by atoms with Gasteiger partial charge in [-0.05, 0) is 50.8 Å². The van der Waals surface area contributed by atoms with E-state index in [1.807, 2.05) is 25.1 Å². The van der Waals surface area contributed by atoms with E-state index < -0.39 is 0 Å². The summed E-state index contributed by atoms with van der Waals surface area (Å²) in [7, 11) is 3.98. The van der Waals surface area contributed by atoms with Crippen molar-refractivity contribution in [2.75, 3.05) is 19.0 Å². The zero-order valence-electron chi connectivity index (χ0n) is 15.8. The highest BCUT2D eigenvalue weighted by Gasteiger charge is 2.30. The molecule has 0 radical (unpaired) electrons. The number of benzene rings is 1. The summed E-state index contributed by atoms with van der Waals surface area (Å²) in [5.41, 5.74) is 4.16. The number of carbonyl (C=O) groups is 1. The Morgan fingerprint density at radius 1 is 1.24 bits per heavy atom. The van der Waals surface area contributed by atoms with E-state index in [9.17, 15) is 4.79 Å². The molecular formula is C21H29ClN2O. The van der Waals surface area contributed by atoms with E-state index in [1.54, 1.807) is 0 Å². The number of anilines is 1. The summed E-state index contributed by atoms with van der Waals surface area (Å²) < 4.78 is 0. The molecule has 3 rings (SSSR count). The third kappa shape index (κ3) is 4.03. The molecule has 1 saturated carbocycles. The van der Waals surface area contributed by atoms with Gasteiger partial charge in [-0.1, -0.05) is 30.9 Å². The lowest BCUT2D eigenvalue weighted by atomic mass is 9.83. The fraction of sp³-hybridized carbons (Fsp3) is 0.571. The van der Waals surface area contributed by atoms with Crippen molar-refractivity contribution in [1.29, 1.82) is 0 Å². The predicted molar refractivity (Wildman–Crippen MR) is 106 cm³/mol. The van der Waals surface area contributed by atoms with Gasteiger partial charge in [0.05, 0.1) is 10.7 Å². The van der Waals surface area contributed by atoms with Gasteiger partial charge in [-0.3, -0.25) is 4.79 Å². The molecule has 0 unspecified atom stereocenters. The Kier molecular flexibility index (Phi) is 5.15. The molecule has 0 atom stereocenters. The number of rotatable bonds is 3. The molecule has 1 aliphatic heterocycles. The quantitative estimate of drug-likeness (QED) is 0.784. The van der Waals surface area contributed by atoms with E-state index in [-0.39, 0.29) is 17.2 Å². The molecule has 0 spiro atoms. The molecule has 2 aliphatic rings. The second kappa shape index (κ2) is 7.03. The van der Waals surface area contributed by atoms with Crippen LogP contribution in [-0.2, 0) is 11.2 Å². The summed E-state index contributed by atoms with van der Waals surface area (Å²) in [5, 5.41) is 4.35. The Balaban J connectivity index is 2.00. The van der Waals surface area contributed by atoms with Crippen LogP contribution in [0.15, 0.2) is 18.2 Å². The van der Waals surface area contributed by atoms with Crippen molar-refractivity contribution in [3.8, 4) is 0 Å². The standard InChI is InChI=1S/C21H29ClN2O/c1-21(2)13-15-10-17(22)19(24(3)4)11-16(15)18(23-21)12-20(25)14-8-6-5-7-9-14/h10-12,14,23H,5-9,13H2,1-4H3. The summed E-state index contributed by atoms with van der Waals surface area (Å²) in [5.74, 6) is 0.462. The first kappa shape index (κ1) is 18.3. The predicted octanol–water partition coefficient (Wildman–Crippen LogP) is 4.82. The molecule has 1 aromatic carbocycles. The Morgan fingerprint density at radius 2 is 1.92 bits per heavy atom. The SMILES string of the molecule is CN(C)c1cc2c(cc1Cl)CC(C)(C)NC2=CC(=O)C1CCCCC1. The minimum absolute atomic E-state index is 0.0887. The molecular weight excluding hydrogens is 332 g/mol. The van der Waals surface area contributed by atoms with Gasteiger partial charge in [0.1, 0.15) is 0 Å². The largest absolute Gasteiger partial charge is 0.379 e. The summed E-state index contributed by atoms with van der Waals surface area (Å²) in [6.07, 6.45) is 8.42. The summed E-state index contributed by atoms with van der Waals surface area (Å²) in [6, 6.07) is 4.17. The average Bonchev–Trinajstić information content (AvgIpc) is 2.53. The highest BCUT2D eigenvalue weighted by atomic mass is 35.5. The average molecular weight is 361 g/mol. The van der Waals surface area contributed by atoms with Crippen molar-refractivity contribution in [3.05, 3.63) is 34.4 Å². The first-order valence-electron chi connectivity index (χ1n) is 9.31. The molecule has 0 saturated heterocycles. The molecule has 4 heteroatoms. The molecule has 3 nitrogen and oxygen atoms in total. The van der Waals surface area contributed by atoms with Crippen LogP contribution >= 0.6 is 11.6 Å². The number of nitrogens with one attached hydrogen (secondary N) is 1. The van der Waals surface area contributed by atoms with Gasteiger partial charge in [-0.2, -0.15) is 0 Å². The van der Waals surface area contributed by atoms with Crippen molar-refractivity contribution < 1.29 is 4.79 Å². The summed E-state index contributed by atoms with van der Waals surface area (Å²) in [6.45, 7) is 4.34. The molecule has 136 valence electrons. The normalized spacial score (nSPS) is 21.6. The van der Waals surface area contributed by atoms with Crippen LogP contribution in [-0.4, -0.2) is 25.4 Å². The molecule has 0 bridgehead atoms. The van der Waals surface area contributed by atoms with Gasteiger partial charge in [-0.25, -0.2) is 0 Å². The Hall–Kier alpha value is -1.48. The number of fused-ring (bicyclic) bond motifs is 1. The van der Waals surface area contributed by atoms with Gasteiger partial charge in [0, 0.05) is 42.9 Å². The third-order valence-corrected chi connectivity index (χ3v) is 5.65. The van der Waals surface area contributed by atoms with Crippen LogP contribution in [0.2, 0.25) is 5.02 Å². The minimum Gasteiger partial charge on any atom is -0.379 e. The maximum absolute atomic E-state index is 12.8. The van der Waals surface area contributed by atoms with E-state index in [4.69, 9.17) is 11.6 Å². The molecule has 0 amide bonds. The molecule has 1 N–H and O–H groups in total. The monoisotopic (exact) mass is 360 g/mol. The first-order valence-corrected chi connectivity index (χ1v) is 9.68. The Bertz CT molecular complexity index is 700. The van der Waals surface area contributed by atoms with Crippen molar-refractivity contribution >= 4 is 28.8 Å². The van der Waals surface area contributed by atoms with Crippen molar-refractivity contribution in [2.45, 2.75) is 57.9 Å². The number of halogens is 1. The van der Waals surface area contributed by atoms with Gasteiger partial charge in [0.25, 0.3) is 0 Å². The maximum Gasteiger partial charge on any atom is 0.160 e. The lowest BCUT2D eigenvalue weighted by molar-refractivity contribution is -0.119. The van der Waals surface area contributed by atoms with Crippen LogP contribution in [0.1, 0.15) is 57.1 Å². The molecule has 1 aromatic rings. The fourth-order valence-corrected chi connectivity index (χ4v) is 4.41. The van der Waals surface area contributed by atoms with E-state index in [0.717, 1.165) is 41.2 Å². The van der Waals surface area contributed by atoms with Crippen LogP contribution < -0.4 is 10.2 Å². The topological polar surface area (TPSA) is 32.3 Å². The van der Waals surface area contributed by atoms with Gasteiger partial charge >= 0.3 is 0 Å². The summed E-state index contributed by atoms with van der Waals surface area (Å²) >= 11 is 6.48. The van der Waals surface area contributed by atoms with Crippen LogP contribution in [0.4, 0.5) is 5.69 Å². The van der Waals surface area contributed by atoms with Gasteiger partial charge in [-0.15, -0.1) is 0 Å². The molecule has 1 heterocycles. The fourth-order valence-electron chi connectivity index (χ4n) is 4.06. The van der Waals surface area contributed by atoms with E-state index in [1.165, 1.54) is 24.8 Å². The van der Waals surface area contributed by atoms with Crippen molar-refractivity contribution in [2.24, 2.45) is 5.92 Å². The van der Waals surface area contributed by atoms with Crippen LogP contribution in [0.25, 0.3) is 5.70 Å². The van der Waals surface area contributed by atoms with Gasteiger partial charge < -0.3 is 10.2 Å². The van der Waals surface area contributed by atoms with E-state index >= 15 is 0 Å². The number of allylic oxidation sites excluding steroid dienone is 1. The second-order valence-electron chi connectivity index (χ2n) is 8.34. The molecule has 1 aliphatic carbocycles. The number of hydrogen-bond donors (Lipinski definition) is 1. The molecule has 25 heavy (non-hydrogen) atoms. The molecule has 1 fully saturated rings. The van der Waals surface area contributed by atoms with Crippen molar-refractivity contribution in [3.63, 3.8) is 0 Å². The van der Waals surface area contributed by atoms with Crippen LogP contribution in [0.5, 0.6) is 0 Å². The smallest absolute Gasteiger partial charge is 0.160 e. The highest BCUT2D eigenvalue weighted by molar-refractivity contribution is 6.33. The van der Waals surface area contributed by atoms with E-state index in [0.29, 0.717) is 0 Å². The number of nitrogens with zero attached hydrogens (tertiary/aromatic N) is 1. The van der Waals surface area contributed by atoms with Gasteiger partial charge in [0.15, 0.2) is 5.78 Å². The minimum atomic E-state index is -0.0887. The van der Waals surface area contributed by atoms with E-state index in [2.05, 4.69) is 31.3 Å². The van der Waals surface area contributed by atoms with Crippen LogP contribution in [0.3, 0.4) is 0 Å². The zero-order valence-corrected chi connectivity index (χ0v) is 16.5. The highest BCUT2D eigenvalue weighted by Crippen LogP contribution is 2.37. The first-order chi connectivity index (χ1) is 11.8. The Morgan fingerprint density at radius 3 is 2.56 bits per heavy atom. The van der Waals surface area contributed by atoms with Crippen LogP contribution in [0, 0.1) is 5.92 Å². The number of ketones is 1. The zero-order chi connectivity index (χ0) is 18.2. The number of hydrogen-bond acceptors (Lipinski definition) is 3. The lowest BCUT2D eigenvalue weighted by Crippen LogP contribution is -2.44. The van der Waals surface area contributed by atoms with Crippen molar-refractivity contribution in [1.82, 2.24) is 5.32 Å². The third-order valence-electron chi connectivity index (χ3n) is 5.34. The second-order valence-corrected chi connectivity index (χ2v) is 8.74. The summed E-state index contributed by atoms with van der Waals surface area (Å²) in [4.78, 5) is 14.8. The maximum atomic E-state index is 12.8. The number of carbonyl (C=O) groups excluding carboxylic acids is 1. The van der Waals surface area contributed by atoms with Gasteiger partial charge in [0.2, 0.25) is 0 Å². The lowest BCUT2D eigenvalue weighted by Gasteiger charge is -2.36.